The van der Waals surface area contributed by atoms with Gasteiger partial charge >= 0.3 is 0 Å². The fourth-order valence-corrected chi connectivity index (χ4v) is 3.98. The number of imidazole rings is 1. The molecule has 0 fully saturated rings. The van der Waals surface area contributed by atoms with E-state index in [0.717, 1.165) is 22.1 Å². The number of anilines is 1. The Morgan fingerprint density at radius 2 is 1.97 bits per heavy atom. The van der Waals surface area contributed by atoms with E-state index in [-0.39, 0.29) is 17.6 Å². The molecule has 0 radical (unpaired) electrons. The molecule has 5 nitrogen and oxygen atoms in total. The highest BCUT2D eigenvalue weighted by Gasteiger charge is 2.24. The Morgan fingerprint density at radius 1 is 1.21 bits per heavy atom. The molecule has 2 aromatic carbocycles. The fourth-order valence-electron chi connectivity index (χ4n) is 3.03. The Hall–Kier alpha value is -3.04. The van der Waals surface area contributed by atoms with Crippen LogP contribution < -0.4 is 4.90 Å². The van der Waals surface area contributed by atoms with Crippen molar-refractivity contribution in [3.8, 4) is 11.8 Å². The zero-order chi connectivity index (χ0) is 20.8. The Balaban J connectivity index is 1.81. The third kappa shape index (κ3) is 5.07. The molecule has 6 heteroatoms. The van der Waals surface area contributed by atoms with Crippen LogP contribution in [0.2, 0.25) is 0 Å². The number of hydrogen-bond acceptors (Lipinski definition) is 4. The highest BCUT2D eigenvalue weighted by atomic mass is 32.2. The number of hydrogen-bond donors (Lipinski definition) is 0. The molecule has 0 bridgehead atoms. The maximum Gasteiger partial charge on any atom is 0.240 e. The molecule has 0 N–H and O–H groups in total. The maximum absolute atomic E-state index is 13.2. The minimum absolute atomic E-state index is 0.0344. The molecule has 0 aliphatic rings. The Bertz CT molecular complexity index is 1020. The van der Waals surface area contributed by atoms with Crippen LogP contribution in [-0.4, -0.2) is 27.3 Å². The number of rotatable bonds is 7. The van der Waals surface area contributed by atoms with Crippen molar-refractivity contribution in [3.05, 3.63) is 72.1 Å². The molecule has 1 aromatic heterocycles. The van der Waals surface area contributed by atoms with Gasteiger partial charge in [-0.25, -0.2) is 4.98 Å². The quantitative estimate of drug-likeness (QED) is 0.525. The summed E-state index contributed by atoms with van der Waals surface area (Å²) in [4.78, 5) is 19.4. The largest absolute Gasteiger partial charge is 0.310 e. The van der Waals surface area contributed by atoms with Crippen LogP contribution in [0.1, 0.15) is 24.5 Å². The van der Waals surface area contributed by atoms with Crippen LogP contribution in [0.4, 0.5) is 5.69 Å². The van der Waals surface area contributed by atoms with Gasteiger partial charge in [0.1, 0.15) is 0 Å². The summed E-state index contributed by atoms with van der Waals surface area (Å²) in [6.07, 6.45) is 3.94. The molecular weight excluding hydrogens is 380 g/mol. The molecule has 148 valence electrons. The summed E-state index contributed by atoms with van der Waals surface area (Å²) in [5.41, 5.74) is 4.12. The van der Waals surface area contributed by atoms with E-state index in [1.165, 1.54) is 17.3 Å². The Morgan fingerprint density at radius 3 is 2.66 bits per heavy atom. The van der Waals surface area contributed by atoms with E-state index in [9.17, 15) is 4.79 Å². The van der Waals surface area contributed by atoms with Crippen molar-refractivity contribution >= 4 is 23.4 Å². The van der Waals surface area contributed by atoms with Gasteiger partial charge in [0, 0.05) is 30.3 Å². The number of aryl methyl sites for hydroxylation is 2. The number of carbonyl (C=O) groups excluding carboxylic acids is 1. The van der Waals surface area contributed by atoms with Crippen molar-refractivity contribution in [2.75, 3.05) is 11.4 Å². The standard InChI is InChI=1S/C23H24N4OS/c1-17-8-10-20(11-9-17)26(14-5-12-24)22(28)19(3)29-23-25-13-15-27(23)21-7-4-6-18(2)16-21/h4,6-11,13,15-16,19H,5,14H2,1-3H3. The normalized spacial score (nSPS) is 11.7. The number of nitriles is 1. The fraction of sp³-hybridized carbons (Fsp3) is 0.261. The zero-order valence-electron chi connectivity index (χ0n) is 16.9. The lowest BCUT2D eigenvalue weighted by Crippen LogP contribution is -2.37. The second-order valence-corrected chi connectivity index (χ2v) is 8.22. The number of amides is 1. The lowest BCUT2D eigenvalue weighted by Gasteiger charge is -2.25. The van der Waals surface area contributed by atoms with Crippen LogP contribution in [0, 0.1) is 25.2 Å². The second kappa shape index (κ2) is 9.44. The third-order valence-corrected chi connectivity index (χ3v) is 5.64. The van der Waals surface area contributed by atoms with Crippen LogP contribution >= 0.6 is 11.8 Å². The van der Waals surface area contributed by atoms with Crippen molar-refractivity contribution in [1.82, 2.24) is 9.55 Å². The third-order valence-electron chi connectivity index (χ3n) is 4.58. The average molecular weight is 405 g/mol. The summed E-state index contributed by atoms with van der Waals surface area (Å²) in [7, 11) is 0. The summed E-state index contributed by atoms with van der Waals surface area (Å²) in [6.45, 7) is 6.31. The molecule has 1 amide bonds. The maximum atomic E-state index is 13.2. The van der Waals surface area contributed by atoms with Gasteiger partial charge in [-0.05, 0) is 50.6 Å². The molecule has 0 spiro atoms. The summed E-state index contributed by atoms with van der Waals surface area (Å²) >= 11 is 1.42. The lowest BCUT2D eigenvalue weighted by atomic mass is 10.2. The molecule has 1 unspecified atom stereocenters. The smallest absolute Gasteiger partial charge is 0.240 e. The molecule has 0 saturated heterocycles. The van der Waals surface area contributed by atoms with E-state index in [0.29, 0.717) is 6.54 Å². The van der Waals surface area contributed by atoms with Gasteiger partial charge in [-0.1, -0.05) is 41.6 Å². The molecule has 29 heavy (non-hydrogen) atoms. The van der Waals surface area contributed by atoms with Crippen molar-refractivity contribution in [1.29, 1.82) is 5.26 Å². The SMILES string of the molecule is Cc1ccc(N(CCC#N)C(=O)C(C)Sc2nccn2-c2cccc(C)c2)cc1. The van der Waals surface area contributed by atoms with Gasteiger partial charge in [0.25, 0.3) is 0 Å². The van der Waals surface area contributed by atoms with Gasteiger partial charge in [-0.3, -0.25) is 9.36 Å². The van der Waals surface area contributed by atoms with Crippen molar-refractivity contribution in [3.63, 3.8) is 0 Å². The minimum atomic E-state index is -0.346. The first-order valence-corrected chi connectivity index (χ1v) is 10.4. The van der Waals surface area contributed by atoms with E-state index >= 15 is 0 Å². The van der Waals surface area contributed by atoms with Crippen LogP contribution in [0.15, 0.2) is 66.1 Å². The highest BCUT2D eigenvalue weighted by Crippen LogP contribution is 2.27. The number of thioether (sulfide) groups is 1. The first-order valence-electron chi connectivity index (χ1n) is 9.51. The second-order valence-electron chi connectivity index (χ2n) is 6.91. The highest BCUT2D eigenvalue weighted by molar-refractivity contribution is 8.00. The topological polar surface area (TPSA) is 61.9 Å². The lowest BCUT2D eigenvalue weighted by molar-refractivity contribution is -0.117. The van der Waals surface area contributed by atoms with Crippen LogP contribution in [0.3, 0.4) is 0 Å². The first-order chi connectivity index (χ1) is 14.0. The van der Waals surface area contributed by atoms with E-state index in [1.807, 2.05) is 74.0 Å². The first kappa shape index (κ1) is 20.7. The van der Waals surface area contributed by atoms with Gasteiger partial charge in [0.05, 0.1) is 17.7 Å². The van der Waals surface area contributed by atoms with Gasteiger partial charge in [-0.2, -0.15) is 5.26 Å². The van der Waals surface area contributed by atoms with Crippen LogP contribution in [0.5, 0.6) is 0 Å². The summed E-state index contributed by atoms with van der Waals surface area (Å²) in [5.74, 6) is -0.0344. The van der Waals surface area contributed by atoms with E-state index in [2.05, 4.69) is 17.1 Å². The summed E-state index contributed by atoms with van der Waals surface area (Å²) < 4.78 is 1.99. The van der Waals surface area contributed by atoms with Gasteiger partial charge in [0.15, 0.2) is 5.16 Å². The minimum Gasteiger partial charge on any atom is -0.310 e. The summed E-state index contributed by atoms with van der Waals surface area (Å²) in [5, 5.41) is 9.43. The van der Waals surface area contributed by atoms with Crippen LogP contribution in [0.25, 0.3) is 5.69 Å². The predicted molar refractivity (Wildman–Crippen MR) is 117 cm³/mol. The molecule has 0 saturated carbocycles. The molecule has 0 aliphatic heterocycles. The van der Waals surface area contributed by atoms with E-state index < -0.39 is 0 Å². The molecule has 1 atom stereocenters. The molecule has 3 aromatic rings. The van der Waals surface area contributed by atoms with E-state index in [4.69, 9.17) is 5.26 Å². The Labute approximate surface area is 176 Å². The number of carbonyl (C=O) groups is 1. The molecule has 0 aliphatic carbocycles. The van der Waals surface area contributed by atoms with Crippen molar-refractivity contribution in [2.24, 2.45) is 0 Å². The van der Waals surface area contributed by atoms with Gasteiger partial charge in [0.2, 0.25) is 5.91 Å². The monoisotopic (exact) mass is 404 g/mol. The van der Waals surface area contributed by atoms with E-state index in [1.54, 1.807) is 11.1 Å². The van der Waals surface area contributed by atoms with Crippen molar-refractivity contribution < 1.29 is 4.79 Å². The number of aromatic nitrogens is 2. The zero-order valence-corrected chi connectivity index (χ0v) is 17.7. The molecule has 3 rings (SSSR count). The molecular formula is C23H24N4OS. The predicted octanol–water partition coefficient (Wildman–Crippen LogP) is 4.92. The van der Waals surface area contributed by atoms with Gasteiger partial charge < -0.3 is 4.90 Å². The Kier molecular flexibility index (Phi) is 6.73. The van der Waals surface area contributed by atoms with Gasteiger partial charge in [-0.15, -0.1) is 0 Å². The average Bonchev–Trinajstić information content (AvgIpc) is 3.17. The van der Waals surface area contributed by atoms with Crippen LogP contribution in [-0.2, 0) is 4.79 Å². The summed E-state index contributed by atoms with van der Waals surface area (Å²) in [6, 6.07) is 18.1. The molecule has 1 heterocycles. The number of nitrogens with zero attached hydrogens (tertiary/aromatic N) is 4. The van der Waals surface area contributed by atoms with Crippen molar-refractivity contribution in [2.45, 2.75) is 37.6 Å². The number of benzene rings is 2.